The Morgan fingerprint density at radius 1 is 1.05 bits per heavy atom. The predicted octanol–water partition coefficient (Wildman–Crippen LogP) is 2.12. The van der Waals surface area contributed by atoms with Crippen LogP contribution < -0.4 is 5.32 Å². The lowest BCUT2D eigenvalue weighted by Crippen LogP contribution is -2.42. The highest BCUT2D eigenvalue weighted by Crippen LogP contribution is 2.25. The van der Waals surface area contributed by atoms with E-state index in [2.05, 4.69) is 44.5 Å². The van der Waals surface area contributed by atoms with E-state index in [1.165, 1.54) is 21.9 Å². The maximum absolute atomic E-state index is 4.18. The van der Waals surface area contributed by atoms with Crippen LogP contribution in [0, 0.1) is 0 Å². The first-order chi connectivity index (χ1) is 9.90. The molecule has 0 atom stereocenters. The molecule has 3 heterocycles. The zero-order chi connectivity index (χ0) is 13.4. The molecular formula is C16H18N4. The van der Waals surface area contributed by atoms with Crippen LogP contribution in [0.1, 0.15) is 5.56 Å². The van der Waals surface area contributed by atoms with Gasteiger partial charge >= 0.3 is 0 Å². The number of benzene rings is 1. The second-order valence-electron chi connectivity index (χ2n) is 5.45. The SMILES string of the molecule is c1cc2c(cn1)[nH]c1ccc(CN3CCNCC3)cc12. The van der Waals surface area contributed by atoms with Crippen molar-refractivity contribution in [3.05, 3.63) is 42.2 Å². The number of pyridine rings is 1. The second kappa shape index (κ2) is 4.89. The molecule has 0 amide bonds. The highest BCUT2D eigenvalue weighted by Gasteiger charge is 2.11. The molecule has 1 aliphatic rings. The van der Waals surface area contributed by atoms with Crippen LogP contribution in [-0.2, 0) is 6.54 Å². The number of rotatable bonds is 2. The number of nitrogens with zero attached hydrogens (tertiary/aromatic N) is 2. The van der Waals surface area contributed by atoms with E-state index in [4.69, 9.17) is 0 Å². The van der Waals surface area contributed by atoms with Gasteiger partial charge in [0.2, 0.25) is 0 Å². The second-order valence-corrected chi connectivity index (χ2v) is 5.45. The van der Waals surface area contributed by atoms with Crippen molar-refractivity contribution in [1.82, 2.24) is 20.2 Å². The molecule has 4 nitrogen and oxygen atoms in total. The Hall–Kier alpha value is -1.91. The third kappa shape index (κ3) is 2.07. The van der Waals surface area contributed by atoms with E-state index in [0.717, 1.165) is 38.2 Å². The van der Waals surface area contributed by atoms with Gasteiger partial charge in [0.1, 0.15) is 0 Å². The van der Waals surface area contributed by atoms with Crippen molar-refractivity contribution in [2.24, 2.45) is 0 Å². The van der Waals surface area contributed by atoms with Gasteiger partial charge in [-0.15, -0.1) is 0 Å². The lowest BCUT2D eigenvalue weighted by atomic mass is 10.1. The van der Waals surface area contributed by atoms with Crippen LogP contribution in [0.3, 0.4) is 0 Å². The van der Waals surface area contributed by atoms with Crippen molar-refractivity contribution >= 4 is 21.8 Å². The van der Waals surface area contributed by atoms with Gasteiger partial charge in [0, 0.05) is 55.2 Å². The molecule has 4 rings (SSSR count). The van der Waals surface area contributed by atoms with Crippen molar-refractivity contribution < 1.29 is 0 Å². The fourth-order valence-electron chi connectivity index (χ4n) is 3.02. The molecule has 0 aliphatic carbocycles. The maximum atomic E-state index is 4.18. The molecule has 0 spiro atoms. The van der Waals surface area contributed by atoms with E-state index in [1.807, 2.05) is 12.4 Å². The Kier molecular flexibility index (Phi) is 2.90. The molecule has 2 aromatic heterocycles. The number of hydrogen-bond acceptors (Lipinski definition) is 3. The average Bonchev–Trinajstić information content (AvgIpc) is 2.86. The molecule has 0 radical (unpaired) electrons. The molecule has 1 aliphatic heterocycles. The van der Waals surface area contributed by atoms with E-state index < -0.39 is 0 Å². The Morgan fingerprint density at radius 2 is 1.95 bits per heavy atom. The standard InChI is InChI=1S/C16H18N4/c1-2-15-14(13-3-4-18-10-16(13)19-15)9-12(1)11-20-7-5-17-6-8-20/h1-4,9-10,17,19H,5-8,11H2. The highest BCUT2D eigenvalue weighted by molar-refractivity contribution is 6.06. The number of fused-ring (bicyclic) bond motifs is 3. The Labute approximate surface area is 117 Å². The van der Waals surface area contributed by atoms with Crippen LogP contribution >= 0.6 is 0 Å². The first-order valence-corrected chi connectivity index (χ1v) is 7.17. The number of aromatic amines is 1. The van der Waals surface area contributed by atoms with Gasteiger partial charge < -0.3 is 10.3 Å². The summed E-state index contributed by atoms with van der Waals surface area (Å²) in [6.07, 6.45) is 3.75. The zero-order valence-corrected chi connectivity index (χ0v) is 11.4. The van der Waals surface area contributed by atoms with E-state index in [9.17, 15) is 0 Å². The first kappa shape index (κ1) is 11.9. The molecule has 2 N–H and O–H groups in total. The molecule has 0 bridgehead atoms. The third-order valence-corrected chi connectivity index (χ3v) is 4.08. The van der Waals surface area contributed by atoms with Gasteiger partial charge in [0.05, 0.1) is 11.7 Å². The van der Waals surface area contributed by atoms with Gasteiger partial charge in [-0.25, -0.2) is 0 Å². The maximum Gasteiger partial charge on any atom is 0.0651 e. The smallest absolute Gasteiger partial charge is 0.0651 e. The number of piperazine rings is 1. The van der Waals surface area contributed by atoms with Crippen LogP contribution in [0.25, 0.3) is 21.8 Å². The van der Waals surface area contributed by atoms with Crippen molar-refractivity contribution in [2.75, 3.05) is 26.2 Å². The van der Waals surface area contributed by atoms with Crippen molar-refractivity contribution in [3.63, 3.8) is 0 Å². The Morgan fingerprint density at radius 3 is 2.85 bits per heavy atom. The van der Waals surface area contributed by atoms with E-state index in [0.29, 0.717) is 0 Å². The summed E-state index contributed by atoms with van der Waals surface area (Å²) in [4.78, 5) is 10.1. The molecule has 0 saturated carbocycles. The third-order valence-electron chi connectivity index (χ3n) is 4.08. The molecular weight excluding hydrogens is 248 g/mol. The summed E-state index contributed by atoms with van der Waals surface area (Å²) in [6, 6.07) is 8.82. The summed E-state index contributed by atoms with van der Waals surface area (Å²) in [5, 5.41) is 5.96. The molecule has 3 aromatic rings. The number of hydrogen-bond donors (Lipinski definition) is 2. The molecule has 4 heteroatoms. The van der Waals surface area contributed by atoms with E-state index >= 15 is 0 Å². The minimum atomic E-state index is 1.04. The number of H-pyrrole nitrogens is 1. The normalized spacial score (nSPS) is 17.0. The quantitative estimate of drug-likeness (QED) is 0.747. The van der Waals surface area contributed by atoms with Crippen LogP contribution in [0.15, 0.2) is 36.7 Å². The Balaban J connectivity index is 1.71. The van der Waals surface area contributed by atoms with Crippen LogP contribution in [0.5, 0.6) is 0 Å². The van der Waals surface area contributed by atoms with Crippen LogP contribution in [0.2, 0.25) is 0 Å². The van der Waals surface area contributed by atoms with Crippen LogP contribution in [-0.4, -0.2) is 41.0 Å². The predicted molar refractivity (Wildman–Crippen MR) is 81.7 cm³/mol. The van der Waals surface area contributed by atoms with Crippen molar-refractivity contribution in [1.29, 1.82) is 0 Å². The topological polar surface area (TPSA) is 44.0 Å². The molecule has 1 fully saturated rings. The van der Waals surface area contributed by atoms with Gasteiger partial charge in [-0.1, -0.05) is 6.07 Å². The summed E-state index contributed by atoms with van der Waals surface area (Å²) in [7, 11) is 0. The summed E-state index contributed by atoms with van der Waals surface area (Å²) in [6.45, 7) is 5.50. The highest BCUT2D eigenvalue weighted by atomic mass is 15.2. The van der Waals surface area contributed by atoms with E-state index in [-0.39, 0.29) is 0 Å². The monoisotopic (exact) mass is 266 g/mol. The minimum Gasteiger partial charge on any atom is -0.353 e. The first-order valence-electron chi connectivity index (χ1n) is 7.17. The number of aromatic nitrogens is 2. The molecule has 0 unspecified atom stereocenters. The van der Waals surface area contributed by atoms with Crippen molar-refractivity contribution in [2.45, 2.75) is 6.54 Å². The fraction of sp³-hybridized carbons (Fsp3) is 0.312. The fourth-order valence-corrected chi connectivity index (χ4v) is 3.02. The summed E-state index contributed by atoms with van der Waals surface area (Å²) < 4.78 is 0. The van der Waals surface area contributed by atoms with Gasteiger partial charge in [-0.3, -0.25) is 9.88 Å². The summed E-state index contributed by atoms with van der Waals surface area (Å²) in [5.41, 5.74) is 3.69. The molecule has 1 aromatic carbocycles. The lowest BCUT2D eigenvalue weighted by Gasteiger charge is -2.27. The summed E-state index contributed by atoms with van der Waals surface area (Å²) in [5.74, 6) is 0. The van der Waals surface area contributed by atoms with Gasteiger partial charge in [-0.05, 0) is 23.8 Å². The van der Waals surface area contributed by atoms with Gasteiger partial charge in [0.25, 0.3) is 0 Å². The largest absolute Gasteiger partial charge is 0.353 e. The minimum absolute atomic E-state index is 1.04. The average molecular weight is 266 g/mol. The van der Waals surface area contributed by atoms with Crippen LogP contribution in [0.4, 0.5) is 0 Å². The molecule has 20 heavy (non-hydrogen) atoms. The van der Waals surface area contributed by atoms with E-state index in [1.54, 1.807) is 0 Å². The lowest BCUT2D eigenvalue weighted by molar-refractivity contribution is 0.233. The van der Waals surface area contributed by atoms with Gasteiger partial charge in [-0.2, -0.15) is 0 Å². The summed E-state index contributed by atoms with van der Waals surface area (Å²) >= 11 is 0. The Bertz CT molecular complexity index is 740. The zero-order valence-electron chi connectivity index (χ0n) is 11.4. The number of nitrogens with one attached hydrogen (secondary N) is 2. The van der Waals surface area contributed by atoms with Crippen molar-refractivity contribution in [3.8, 4) is 0 Å². The molecule has 1 saturated heterocycles. The molecule has 102 valence electrons. The van der Waals surface area contributed by atoms with Gasteiger partial charge in [0.15, 0.2) is 0 Å².